The molecule has 1 aliphatic heterocycles. The Kier molecular flexibility index (Phi) is 4.76. The van der Waals surface area contributed by atoms with Crippen LogP contribution in [0.2, 0.25) is 0 Å². The molecule has 1 N–H and O–H groups in total. The van der Waals surface area contributed by atoms with Gasteiger partial charge in [-0.2, -0.15) is 5.10 Å². The number of nitrogens with one attached hydrogen (secondary N) is 1. The Hall–Kier alpha value is -2.41. The van der Waals surface area contributed by atoms with E-state index in [9.17, 15) is 13.2 Å². The van der Waals surface area contributed by atoms with Crippen LogP contribution in [0.15, 0.2) is 46.4 Å². The Labute approximate surface area is 147 Å². The van der Waals surface area contributed by atoms with E-state index in [1.807, 2.05) is 19.1 Å². The molecule has 25 heavy (non-hydrogen) atoms. The van der Waals surface area contributed by atoms with Crippen molar-refractivity contribution >= 4 is 38.1 Å². The Morgan fingerprint density at radius 2 is 1.92 bits per heavy atom. The minimum absolute atomic E-state index is 0.246. The molecule has 0 unspecified atom stereocenters. The molecular weight excluding hydrogens is 338 g/mol. The monoisotopic (exact) mass is 359 g/mol. The molecule has 0 aromatic heterocycles. The molecular formula is C18H21N3O3S. The average molecular weight is 359 g/mol. The van der Waals surface area contributed by atoms with Crippen molar-refractivity contribution in [2.75, 3.05) is 10.8 Å². The first-order valence-electron chi connectivity index (χ1n) is 8.31. The molecule has 7 heteroatoms. The Morgan fingerprint density at radius 3 is 2.64 bits per heavy atom. The molecule has 0 aliphatic carbocycles. The lowest BCUT2D eigenvalue weighted by atomic mass is 10.1. The van der Waals surface area contributed by atoms with Crippen LogP contribution in [0.5, 0.6) is 0 Å². The number of nitrogens with zero attached hydrogens (tertiary/aromatic N) is 2. The maximum Gasteiger partial charge on any atom is 0.265 e. The highest BCUT2D eigenvalue weighted by Crippen LogP contribution is 2.41. The Bertz CT molecular complexity index is 946. The van der Waals surface area contributed by atoms with Crippen molar-refractivity contribution in [1.82, 2.24) is 5.43 Å². The predicted molar refractivity (Wildman–Crippen MR) is 99.3 cm³/mol. The maximum absolute atomic E-state index is 12.8. The number of rotatable bonds is 6. The number of amides is 1. The van der Waals surface area contributed by atoms with E-state index in [0.717, 1.165) is 34.7 Å². The van der Waals surface area contributed by atoms with Crippen LogP contribution in [0, 0.1) is 0 Å². The zero-order valence-electron chi connectivity index (χ0n) is 14.3. The lowest BCUT2D eigenvalue weighted by Gasteiger charge is -2.17. The van der Waals surface area contributed by atoms with Gasteiger partial charge in [-0.15, -0.1) is 0 Å². The molecule has 1 amide bonds. The van der Waals surface area contributed by atoms with Gasteiger partial charge in [0.05, 0.1) is 10.6 Å². The number of benzene rings is 2. The second kappa shape index (κ2) is 6.84. The lowest BCUT2D eigenvalue weighted by Crippen LogP contribution is -2.37. The van der Waals surface area contributed by atoms with E-state index in [4.69, 9.17) is 0 Å². The highest BCUT2D eigenvalue weighted by molar-refractivity contribution is 7.93. The summed E-state index contributed by atoms with van der Waals surface area (Å²) in [5.74, 6) is -0.454. The SMILES string of the molecule is CCCC/C(C)=N\NC(=O)CN1c2cccc3cccc(c23)S1(=O)=O. The molecule has 1 aliphatic rings. The zero-order chi connectivity index (χ0) is 18.0. The van der Waals surface area contributed by atoms with E-state index in [2.05, 4.69) is 17.5 Å². The first kappa shape index (κ1) is 17.4. The largest absolute Gasteiger partial charge is 0.271 e. The first-order chi connectivity index (χ1) is 11.9. The van der Waals surface area contributed by atoms with E-state index in [0.29, 0.717) is 11.1 Å². The smallest absolute Gasteiger partial charge is 0.265 e. The summed E-state index contributed by atoms with van der Waals surface area (Å²) in [6, 6.07) is 10.5. The number of sulfonamides is 1. The maximum atomic E-state index is 12.8. The summed E-state index contributed by atoms with van der Waals surface area (Å²) >= 11 is 0. The third-order valence-electron chi connectivity index (χ3n) is 4.23. The fraction of sp³-hybridized carbons (Fsp3) is 0.333. The normalized spacial score (nSPS) is 15.6. The van der Waals surface area contributed by atoms with Gasteiger partial charge in [-0.25, -0.2) is 13.8 Å². The third-order valence-corrected chi connectivity index (χ3v) is 6.03. The number of carbonyl (C=O) groups excluding carboxylic acids is 1. The van der Waals surface area contributed by atoms with Crippen LogP contribution in [-0.2, 0) is 14.8 Å². The second-order valence-electron chi connectivity index (χ2n) is 6.13. The number of unbranched alkanes of at least 4 members (excludes halogenated alkanes) is 1. The molecule has 3 rings (SSSR count). The summed E-state index contributed by atoms with van der Waals surface area (Å²) in [6.07, 6.45) is 2.86. The van der Waals surface area contributed by atoms with Gasteiger partial charge >= 0.3 is 0 Å². The Morgan fingerprint density at radius 1 is 1.20 bits per heavy atom. The molecule has 0 bridgehead atoms. The molecule has 0 saturated heterocycles. The van der Waals surface area contributed by atoms with Gasteiger partial charge in [0.15, 0.2) is 0 Å². The standard InChI is InChI=1S/C18H21N3O3S/c1-3-4-7-13(2)19-20-17(22)12-21-15-10-5-8-14-9-6-11-16(18(14)15)25(21,23)24/h5-6,8-11H,3-4,7,12H2,1-2H3,(H,20,22)/b19-13-. The molecule has 2 aromatic rings. The highest BCUT2D eigenvalue weighted by atomic mass is 32.2. The molecule has 0 spiro atoms. The van der Waals surface area contributed by atoms with E-state index in [1.165, 1.54) is 0 Å². The summed E-state index contributed by atoms with van der Waals surface area (Å²) < 4.78 is 26.7. The van der Waals surface area contributed by atoms with Crippen molar-refractivity contribution in [3.05, 3.63) is 36.4 Å². The van der Waals surface area contributed by atoms with Crippen LogP contribution in [0.3, 0.4) is 0 Å². The van der Waals surface area contributed by atoms with Crippen molar-refractivity contribution in [3.63, 3.8) is 0 Å². The molecule has 0 atom stereocenters. The number of hydrogen-bond acceptors (Lipinski definition) is 4. The molecule has 1 heterocycles. The minimum atomic E-state index is -3.72. The van der Waals surface area contributed by atoms with Gasteiger partial charge in [-0.1, -0.05) is 37.6 Å². The number of hydrogen-bond donors (Lipinski definition) is 1. The topological polar surface area (TPSA) is 78.8 Å². The fourth-order valence-electron chi connectivity index (χ4n) is 2.94. The zero-order valence-corrected chi connectivity index (χ0v) is 15.1. The van der Waals surface area contributed by atoms with Crippen molar-refractivity contribution in [1.29, 1.82) is 0 Å². The van der Waals surface area contributed by atoms with E-state index >= 15 is 0 Å². The summed E-state index contributed by atoms with van der Waals surface area (Å²) in [5, 5.41) is 5.55. The number of anilines is 1. The van der Waals surface area contributed by atoms with Gasteiger partial charge < -0.3 is 0 Å². The van der Waals surface area contributed by atoms with Gasteiger partial charge in [0.2, 0.25) is 0 Å². The van der Waals surface area contributed by atoms with Crippen LogP contribution in [0.4, 0.5) is 5.69 Å². The van der Waals surface area contributed by atoms with Crippen molar-refractivity contribution in [2.24, 2.45) is 5.10 Å². The van der Waals surface area contributed by atoms with Gasteiger partial charge in [-0.3, -0.25) is 9.10 Å². The quantitative estimate of drug-likeness (QED) is 0.636. The Balaban J connectivity index is 1.82. The van der Waals surface area contributed by atoms with Crippen LogP contribution in [0.25, 0.3) is 10.8 Å². The van der Waals surface area contributed by atoms with Gasteiger partial charge in [0, 0.05) is 11.1 Å². The van der Waals surface area contributed by atoms with Crippen LogP contribution < -0.4 is 9.73 Å². The van der Waals surface area contributed by atoms with Gasteiger partial charge in [0.1, 0.15) is 6.54 Å². The summed E-state index contributed by atoms with van der Waals surface area (Å²) in [4.78, 5) is 12.5. The average Bonchev–Trinajstić information content (AvgIpc) is 2.82. The molecule has 0 saturated carbocycles. The highest BCUT2D eigenvalue weighted by Gasteiger charge is 2.36. The summed E-state index contributed by atoms with van der Waals surface area (Å²) in [5.41, 5.74) is 3.82. The number of hydrazone groups is 1. The van der Waals surface area contributed by atoms with E-state index in [-0.39, 0.29) is 11.4 Å². The van der Waals surface area contributed by atoms with E-state index in [1.54, 1.807) is 24.3 Å². The second-order valence-corrected chi connectivity index (χ2v) is 7.96. The third kappa shape index (κ3) is 3.24. The molecule has 0 radical (unpaired) electrons. The summed E-state index contributed by atoms with van der Waals surface area (Å²) in [7, 11) is -3.72. The van der Waals surface area contributed by atoms with Crippen molar-refractivity contribution in [2.45, 2.75) is 38.0 Å². The number of carbonyl (C=O) groups is 1. The van der Waals surface area contributed by atoms with Crippen molar-refractivity contribution < 1.29 is 13.2 Å². The van der Waals surface area contributed by atoms with E-state index < -0.39 is 15.9 Å². The minimum Gasteiger partial charge on any atom is -0.271 e. The molecule has 6 nitrogen and oxygen atoms in total. The molecule has 2 aromatic carbocycles. The van der Waals surface area contributed by atoms with Crippen LogP contribution >= 0.6 is 0 Å². The van der Waals surface area contributed by atoms with Crippen LogP contribution in [-0.4, -0.2) is 26.6 Å². The fourth-order valence-corrected chi connectivity index (χ4v) is 4.61. The van der Waals surface area contributed by atoms with Gasteiger partial charge in [0.25, 0.3) is 15.9 Å². The molecule has 132 valence electrons. The lowest BCUT2D eigenvalue weighted by molar-refractivity contribution is -0.119. The van der Waals surface area contributed by atoms with Crippen LogP contribution in [0.1, 0.15) is 33.1 Å². The molecule has 0 fully saturated rings. The van der Waals surface area contributed by atoms with Crippen molar-refractivity contribution in [3.8, 4) is 0 Å². The predicted octanol–water partition coefficient (Wildman–Crippen LogP) is 3.03. The summed E-state index contributed by atoms with van der Waals surface area (Å²) in [6.45, 7) is 3.64. The van der Waals surface area contributed by atoms with Gasteiger partial charge in [-0.05, 0) is 37.3 Å². The first-order valence-corrected chi connectivity index (χ1v) is 9.75.